The number of hydrogen-bond acceptors (Lipinski definition) is 3. The quantitative estimate of drug-likeness (QED) is 0.439. The van der Waals surface area contributed by atoms with Gasteiger partial charge in [-0.25, -0.2) is 4.79 Å². The van der Waals surface area contributed by atoms with Crippen molar-refractivity contribution in [2.75, 3.05) is 6.61 Å². The van der Waals surface area contributed by atoms with E-state index < -0.39 is 6.04 Å². The van der Waals surface area contributed by atoms with Gasteiger partial charge in [0.25, 0.3) is 0 Å². The Kier molecular flexibility index (Phi) is 7.63. The molecule has 0 aliphatic carbocycles. The van der Waals surface area contributed by atoms with E-state index in [-0.39, 0.29) is 5.97 Å². The predicted octanol–water partition coefficient (Wildman–Crippen LogP) is 4.67. The molecule has 1 atom stereocenters. The molecule has 1 unspecified atom stereocenters. The molecule has 0 aliphatic heterocycles. The summed E-state index contributed by atoms with van der Waals surface area (Å²) < 4.78 is 5.37. The average molecular weight is 383 g/mol. The standard InChI is InChI=1S/C26H25NO2/c1-2-29-26(28)25(19-18-22-12-6-3-7-13-22)27(20-23-14-8-4-9-15-23)21-24-16-10-5-11-17-24/h3-17,25H,2,20-21H2,1H3. The highest BCUT2D eigenvalue weighted by Gasteiger charge is 2.26. The maximum atomic E-state index is 12.8. The molecule has 0 N–H and O–H groups in total. The number of ether oxygens (including phenoxy) is 1. The van der Waals surface area contributed by atoms with Crippen LogP contribution in [0, 0.1) is 11.8 Å². The predicted molar refractivity (Wildman–Crippen MR) is 116 cm³/mol. The summed E-state index contributed by atoms with van der Waals surface area (Å²) >= 11 is 0. The summed E-state index contributed by atoms with van der Waals surface area (Å²) in [6.45, 7) is 3.34. The Hall–Kier alpha value is -3.35. The minimum Gasteiger partial charge on any atom is -0.464 e. The first-order valence-corrected chi connectivity index (χ1v) is 9.81. The van der Waals surface area contributed by atoms with Crippen LogP contribution >= 0.6 is 0 Å². The molecule has 146 valence electrons. The third-order valence-corrected chi connectivity index (χ3v) is 4.46. The summed E-state index contributed by atoms with van der Waals surface area (Å²) in [5.41, 5.74) is 3.12. The fourth-order valence-electron chi connectivity index (χ4n) is 3.07. The molecule has 0 aliphatic rings. The van der Waals surface area contributed by atoms with Gasteiger partial charge in [-0.3, -0.25) is 4.90 Å². The van der Waals surface area contributed by atoms with Crippen LogP contribution in [0.2, 0.25) is 0 Å². The third kappa shape index (κ3) is 6.34. The number of esters is 1. The van der Waals surface area contributed by atoms with E-state index in [0.717, 1.165) is 16.7 Å². The van der Waals surface area contributed by atoms with Crippen molar-refractivity contribution in [1.29, 1.82) is 0 Å². The van der Waals surface area contributed by atoms with Gasteiger partial charge in [-0.2, -0.15) is 0 Å². The Morgan fingerprint density at radius 2 is 1.31 bits per heavy atom. The van der Waals surface area contributed by atoms with E-state index in [1.807, 2.05) is 73.7 Å². The zero-order valence-corrected chi connectivity index (χ0v) is 16.6. The van der Waals surface area contributed by atoms with Gasteiger partial charge < -0.3 is 4.74 Å². The molecule has 3 rings (SSSR count). The second kappa shape index (κ2) is 10.8. The van der Waals surface area contributed by atoms with Crippen LogP contribution in [-0.4, -0.2) is 23.5 Å². The molecule has 0 bridgehead atoms. The summed E-state index contributed by atoms with van der Waals surface area (Å²) in [6, 6.07) is 29.3. The molecule has 29 heavy (non-hydrogen) atoms. The van der Waals surface area contributed by atoms with E-state index in [4.69, 9.17) is 4.74 Å². The summed E-state index contributed by atoms with van der Waals surface area (Å²) in [6.07, 6.45) is 0. The SMILES string of the molecule is CCOC(=O)C(C#Cc1ccccc1)N(Cc1ccccc1)Cc1ccccc1. The first-order chi connectivity index (χ1) is 14.3. The smallest absolute Gasteiger partial charge is 0.335 e. The highest BCUT2D eigenvalue weighted by Crippen LogP contribution is 2.15. The van der Waals surface area contributed by atoms with Crippen molar-refractivity contribution in [3.63, 3.8) is 0 Å². The average Bonchev–Trinajstić information content (AvgIpc) is 2.76. The first-order valence-electron chi connectivity index (χ1n) is 9.81. The van der Waals surface area contributed by atoms with Gasteiger partial charge in [-0.05, 0) is 30.2 Å². The van der Waals surface area contributed by atoms with Crippen LogP contribution in [0.25, 0.3) is 0 Å². The Labute approximate surface area is 172 Å². The lowest BCUT2D eigenvalue weighted by Gasteiger charge is -2.27. The van der Waals surface area contributed by atoms with Crippen LogP contribution in [0.1, 0.15) is 23.6 Å². The normalized spacial score (nSPS) is 11.4. The van der Waals surface area contributed by atoms with Gasteiger partial charge in [0.2, 0.25) is 0 Å². The van der Waals surface area contributed by atoms with Crippen LogP contribution < -0.4 is 0 Å². The maximum Gasteiger partial charge on any atom is 0.335 e. The van der Waals surface area contributed by atoms with Gasteiger partial charge in [0.05, 0.1) is 6.61 Å². The summed E-state index contributed by atoms with van der Waals surface area (Å²) in [5.74, 6) is 5.99. The molecule has 0 spiro atoms. The molecule has 3 heteroatoms. The molecule has 0 amide bonds. The fraction of sp³-hybridized carbons (Fsp3) is 0.192. The van der Waals surface area contributed by atoms with E-state index >= 15 is 0 Å². The zero-order valence-electron chi connectivity index (χ0n) is 16.6. The number of hydrogen-bond donors (Lipinski definition) is 0. The van der Waals surface area contributed by atoms with Crippen molar-refractivity contribution in [1.82, 2.24) is 4.90 Å². The topological polar surface area (TPSA) is 29.5 Å². The van der Waals surface area contributed by atoms with Gasteiger partial charge in [0.15, 0.2) is 6.04 Å². The molecule has 3 aromatic rings. The Bertz CT molecular complexity index is 902. The monoisotopic (exact) mass is 383 g/mol. The van der Waals surface area contributed by atoms with Crippen molar-refractivity contribution in [3.8, 4) is 11.8 Å². The maximum absolute atomic E-state index is 12.8. The van der Waals surface area contributed by atoms with Crippen LogP contribution in [0.3, 0.4) is 0 Å². The highest BCUT2D eigenvalue weighted by atomic mass is 16.5. The largest absolute Gasteiger partial charge is 0.464 e. The Balaban J connectivity index is 1.93. The lowest BCUT2D eigenvalue weighted by molar-refractivity contribution is -0.147. The van der Waals surface area contributed by atoms with E-state index in [1.54, 1.807) is 0 Å². The number of nitrogens with zero attached hydrogens (tertiary/aromatic N) is 1. The molecule has 3 aromatic carbocycles. The van der Waals surface area contributed by atoms with E-state index in [9.17, 15) is 4.79 Å². The Morgan fingerprint density at radius 3 is 1.79 bits per heavy atom. The second-order valence-electron chi connectivity index (χ2n) is 6.67. The number of carbonyl (C=O) groups excluding carboxylic acids is 1. The van der Waals surface area contributed by atoms with Crippen LogP contribution in [0.4, 0.5) is 0 Å². The minimum atomic E-state index is -0.657. The first kappa shape index (κ1) is 20.4. The highest BCUT2D eigenvalue weighted by molar-refractivity contribution is 5.79. The summed E-state index contributed by atoms with van der Waals surface area (Å²) in [5, 5.41) is 0. The number of carbonyl (C=O) groups is 1. The molecule has 0 saturated carbocycles. The van der Waals surface area contributed by atoms with Crippen molar-refractivity contribution in [2.24, 2.45) is 0 Å². The number of benzene rings is 3. The lowest BCUT2D eigenvalue weighted by atomic mass is 10.1. The zero-order chi connectivity index (χ0) is 20.3. The Morgan fingerprint density at radius 1 is 0.828 bits per heavy atom. The van der Waals surface area contributed by atoms with E-state index in [2.05, 4.69) is 41.0 Å². The van der Waals surface area contributed by atoms with Gasteiger partial charge in [-0.1, -0.05) is 90.7 Å². The number of rotatable bonds is 7. The molecular weight excluding hydrogens is 358 g/mol. The fourth-order valence-corrected chi connectivity index (χ4v) is 3.07. The molecule has 0 aromatic heterocycles. The third-order valence-electron chi connectivity index (χ3n) is 4.46. The second-order valence-corrected chi connectivity index (χ2v) is 6.67. The van der Waals surface area contributed by atoms with E-state index in [0.29, 0.717) is 19.7 Å². The van der Waals surface area contributed by atoms with Crippen LogP contribution in [0.5, 0.6) is 0 Å². The molecule has 0 fully saturated rings. The van der Waals surface area contributed by atoms with Crippen LogP contribution in [0.15, 0.2) is 91.0 Å². The molecule has 0 radical (unpaired) electrons. The van der Waals surface area contributed by atoms with Gasteiger partial charge in [0.1, 0.15) is 0 Å². The minimum absolute atomic E-state index is 0.317. The summed E-state index contributed by atoms with van der Waals surface area (Å²) in [7, 11) is 0. The molecule has 3 nitrogen and oxygen atoms in total. The van der Waals surface area contributed by atoms with Crippen molar-refractivity contribution in [2.45, 2.75) is 26.1 Å². The van der Waals surface area contributed by atoms with E-state index in [1.165, 1.54) is 0 Å². The van der Waals surface area contributed by atoms with Gasteiger partial charge in [0, 0.05) is 18.7 Å². The van der Waals surface area contributed by atoms with Crippen LogP contribution in [-0.2, 0) is 22.6 Å². The van der Waals surface area contributed by atoms with Crippen molar-refractivity contribution < 1.29 is 9.53 Å². The van der Waals surface area contributed by atoms with Crippen molar-refractivity contribution >= 4 is 5.97 Å². The van der Waals surface area contributed by atoms with Gasteiger partial charge >= 0.3 is 5.97 Å². The van der Waals surface area contributed by atoms with Gasteiger partial charge in [-0.15, -0.1) is 0 Å². The molecular formula is C26H25NO2. The molecule has 0 heterocycles. The molecule has 0 saturated heterocycles. The van der Waals surface area contributed by atoms with Crippen molar-refractivity contribution in [3.05, 3.63) is 108 Å². The lowest BCUT2D eigenvalue weighted by Crippen LogP contribution is -2.40. The summed E-state index contributed by atoms with van der Waals surface area (Å²) in [4.78, 5) is 14.9.